The Morgan fingerprint density at radius 2 is 1.76 bits per heavy atom. The quantitative estimate of drug-likeness (QED) is 0.319. The number of carbonyl (C=O) groups excluding carboxylic acids is 2. The van der Waals surface area contributed by atoms with Crippen molar-refractivity contribution in [3.63, 3.8) is 0 Å². The van der Waals surface area contributed by atoms with E-state index in [1.54, 1.807) is 6.08 Å². The van der Waals surface area contributed by atoms with Crippen molar-refractivity contribution in [1.82, 2.24) is 9.91 Å². The van der Waals surface area contributed by atoms with Crippen molar-refractivity contribution in [3.8, 4) is 0 Å². The second-order valence-corrected chi connectivity index (χ2v) is 6.42. The van der Waals surface area contributed by atoms with Gasteiger partial charge < -0.3 is 4.74 Å². The first-order chi connectivity index (χ1) is 14.1. The van der Waals surface area contributed by atoms with E-state index in [0.717, 1.165) is 17.2 Å². The molecule has 0 unspecified atom stereocenters. The van der Waals surface area contributed by atoms with Crippen LogP contribution in [0.4, 0.5) is 0 Å². The Kier molecular flexibility index (Phi) is 6.65. The van der Waals surface area contributed by atoms with Gasteiger partial charge in [-0.1, -0.05) is 66.7 Å². The Morgan fingerprint density at radius 3 is 2.41 bits per heavy atom. The summed E-state index contributed by atoms with van der Waals surface area (Å²) in [5.41, 5.74) is 1.97. The number of nitrogens with zero attached hydrogens (tertiary/aromatic N) is 3. The van der Waals surface area contributed by atoms with Crippen molar-refractivity contribution in [2.45, 2.75) is 6.54 Å². The van der Waals surface area contributed by atoms with Crippen LogP contribution in [0.1, 0.15) is 11.1 Å². The van der Waals surface area contributed by atoms with Gasteiger partial charge in [0.25, 0.3) is 5.91 Å². The molecule has 1 aliphatic heterocycles. The maximum atomic E-state index is 12.9. The maximum Gasteiger partial charge on any atom is 0.332 e. The number of hydrogen-bond acceptors (Lipinski definition) is 5. The number of benzene rings is 2. The summed E-state index contributed by atoms with van der Waals surface area (Å²) >= 11 is 5.45. The van der Waals surface area contributed by atoms with Crippen LogP contribution in [0, 0.1) is 0 Å². The van der Waals surface area contributed by atoms with E-state index in [0.29, 0.717) is 0 Å². The van der Waals surface area contributed by atoms with Gasteiger partial charge in [-0.2, -0.15) is 5.10 Å². The molecule has 0 spiro atoms. The Morgan fingerprint density at radius 1 is 1.10 bits per heavy atom. The first kappa shape index (κ1) is 20.2. The van der Waals surface area contributed by atoms with Gasteiger partial charge in [-0.05, 0) is 29.4 Å². The topological polar surface area (TPSA) is 62.2 Å². The number of hydrogen-bond donors (Lipinski definition) is 0. The molecule has 29 heavy (non-hydrogen) atoms. The van der Waals surface area contributed by atoms with E-state index in [9.17, 15) is 9.59 Å². The highest BCUT2D eigenvalue weighted by Gasteiger charge is 2.38. The summed E-state index contributed by atoms with van der Waals surface area (Å²) in [5, 5.41) is 5.74. The van der Waals surface area contributed by atoms with E-state index < -0.39 is 11.9 Å². The first-order valence-electron chi connectivity index (χ1n) is 8.85. The smallest absolute Gasteiger partial charge is 0.332 e. The molecule has 0 aromatic heterocycles. The lowest BCUT2D eigenvalue weighted by Gasteiger charge is -2.16. The van der Waals surface area contributed by atoms with Gasteiger partial charge in [0.1, 0.15) is 5.70 Å². The number of amides is 1. The average Bonchev–Trinajstić information content (AvgIpc) is 2.96. The van der Waals surface area contributed by atoms with Gasteiger partial charge in [0.15, 0.2) is 0 Å². The number of esters is 1. The van der Waals surface area contributed by atoms with E-state index in [4.69, 9.17) is 12.2 Å². The van der Waals surface area contributed by atoms with Crippen LogP contribution in [-0.2, 0) is 20.9 Å². The van der Waals surface area contributed by atoms with Crippen molar-refractivity contribution in [2.24, 2.45) is 5.10 Å². The molecule has 2 aromatic rings. The van der Waals surface area contributed by atoms with Crippen LogP contribution >= 0.6 is 12.2 Å². The minimum absolute atomic E-state index is 0.0437. The molecule has 1 fully saturated rings. The lowest BCUT2D eigenvalue weighted by Crippen LogP contribution is -2.30. The monoisotopic (exact) mass is 405 g/mol. The van der Waals surface area contributed by atoms with Crippen molar-refractivity contribution in [2.75, 3.05) is 7.11 Å². The van der Waals surface area contributed by atoms with Crippen LogP contribution in [0.25, 0.3) is 6.08 Å². The van der Waals surface area contributed by atoms with Gasteiger partial charge in [-0.3, -0.25) is 9.69 Å². The van der Waals surface area contributed by atoms with E-state index >= 15 is 0 Å². The fourth-order valence-corrected chi connectivity index (χ4v) is 2.96. The van der Waals surface area contributed by atoms with Crippen LogP contribution in [0.15, 0.2) is 83.6 Å². The molecule has 1 aliphatic rings. The van der Waals surface area contributed by atoms with E-state index in [1.807, 2.05) is 66.7 Å². The standard InChI is InChI=1S/C22H19N3O3S/c1-28-20(26)15-19-21(27)24(16-18-11-6-3-7-12-18)22(29)25(19)23-14-8-13-17-9-4-2-5-10-17/h2-15H,16H2,1H3/b13-8+,19-15+,23-14+. The summed E-state index contributed by atoms with van der Waals surface area (Å²) < 4.78 is 4.66. The van der Waals surface area contributed by atoms with Crippen LogP contribution in [0.5, 0.6) is 0 Å². The number of allylic oxidation sites excluding steroid dienone is 1. The lowest BCUT2D eigenvalue weighted by atomic mass is 10.2. The zero-order valence-electron chi connectivity index (χ0n) is 15.8. The van der Waals surface area contributed by atoms with Crippen LogP contribution < -0.4 is 0 Å². The number of ether oxygens (including phenoxy) is 1. The van der Waals surface area contributed by atoms with Crippen LogP contribution in [0.3, 0.4) is 0 Å². The molecule has 7 heteroatoms. The van der Waals surface area contributed by atoms with Crippen LogP contribution in [-0.4, -0.2) is 40.2 Å². The number of rotatable bonds is 6. The van der Waals surface area contributed by atoms with Gasteiger partial charge in [0.2, 0.25) is 5.11 Å². The highest BCUT2D eigenvalue weighted by Crippen LogP contribution is 2.24. The predicted molar refractivity (Wildman–Crippen MR) is 115 cm³/mol. The molecule has 0 aliphatic carbocycles. The van der Waals surface area contributed by atoms with Gasteiger partial charge in [0, 0.05) is 6.21 Å². The zero-order valence-corrected chi connectivity index (χ0v) is 16.6. The summed E-state index contributed by atoms with van der Waals surface area (Å²) in [6.07, 6.45) is 6.22. The SMILES string of the molecule is COC(=O)/C=C1\C(=O)N(Cc2ccccc2)C(=S)N1/N=C/C=C/c1ccccc1. The molecule has 1 amide bonds. The van der Waals surface area contributed by atoms with Crippen molar-refractivity contribution < 1.29 is 14.3 Å². The molecule has 2 aromatic carbocycles. The van der Waals surface area contributed by atoms with E-state index in [2.05, 4.69) is 9.84 Å². The predicted octanol–water partition coefficient (Wildman–Crippen LogP) is 3.37. The normalized spacial score (nSPS) is 15.8. The highest BCUT2D eigenvalue weighted by atomic mass is 32.1. The minimum atomic E-state index is -0.655. The summed E-state index contributed by atoms with van der Waals surface area (Å²) in [6.45, 7) is 0.281. The Hall–Kier alpha value is -3.58. The fourth-order valence-electron chi connectivity index (χ4n) is 2.67. The first-order valence-corrected chi connectivity index (χ1v) is 9.26. The zero-order chi connectivity index (χ0) is 20.6. The largest absolute Gasteiger partial charge is 0.466 e. The van der Waals surface area contributed by atoms with Gasteiger partial charge in [-0.15, -0.1) is 0 Å². The molecule has 0 atom stereocenters. The number of thiocarbonyl (C=S) groups is 1. The highest BCUT2D eigenvalue weighted by molar-refractivity contribution is 7.80. The summed E-state index contributed by atoms with van der Waals surface area (Å²) in [5.74, 6) is -1.06. The van der Waals surface area contributed by atoms with Crippen molar-refractivity contribution in [1.29, 1.82) is 0 Å². The van der Waals surface area contributed by atoms with Crippen LogP contribution in [0.2, 0.25) is 0 Å². The van der Waals surface area contributed by atoms with Gasteiger partial charge >= 0.3 is 5.97 Å². The third-order valence-corrected chi connectivity index (χ3v) is 4.49. The molecular formula is C22H19N3O3S. The molecule has 0 bridgehead atoms. The summed E-state index contributed by atoms with van der Waals surface area (Å²) in [4.78, 5) is 26.0. The molecule has 1 heterocycles. The van der Waals surface area contributed by atoms with Crippen molar-refractivity contribution >= 4 is 41.5 Å². The van der Waals surface area contributed by atoms with E-state index in [-0.39, 0.29) is 17.4 Å². The Balaban J connectivity index is 1.83. The summed E-state index contributed by atoms with van der Waals surface area (Å²) in [7, 11) is 1.25. The molecule has 0 saturated carbocycles. The third kappa shape index (κ3) is 5.03. The minimum Gasteiger partial charge on any atom is -0.466 e. The Bertz CT molecular complexity index is 985. The summed E-state index contributed by atoms with van der Waals surface area (Å²) in [6, 6.07) is 19.2. The fraction of sp³-hybridized carbons (Fsp3) is 0.0909. The van der Waals surface area contributed by atoms with Gasteiger partial charge in [0.05, 0.1) is 19.7 Å². The molecule has 0 radical (unpaired) electrons. The third-order valence-electron chi connectivity index (χ3n) is 4.10. The molecule has 1 saturated heterocycles. The molecule has 0 N–H and O–H groups in total. The molecule has 6 nitrogen and oxygen atoms in total. The number of carbonyl (C=O) groups is 2. The number of hydrazone groups is 1. The van der Waals surface area contributed by atoms with Gasteiger partial charge in [-0.25, -0.2) is 9.80 Å². The van der Waals surface area contributed by atoms with Crippen molar-refractivity contribution in [3.05, 3.63) is 89.6 Å². The molecule has 3 rings (SSSR count). The number of methoxy groups -OCH3 is 1. The Labute approximate surface area is 174 Å². The van der Waals surface area contributed by atoms with E-state index in [1.165, 1.54) is 23.2 Å². The second kappa shape index (κ2) is 9.57. The average molecular weight is 405 g/mol. The second-order valence-electron chi connectivity index (χ2n) is 6.06. The molecule has 146 valence electrons. The maximum absolute atomic E-state index is 12.9. The molecular weight excluding hydrogens is 386 g/mol. The lowest BCUT2D eigenvalue weighted by molar-refractivity contribution is -0.135.